The molecule has 8 heavy (non-hydrogen) atoms. The van der Waals surface area contributed by atoms with Gasteiger partial charge in [0.25, 0.3) is 0 Å². The number of hydrogen-bond donors (Lipinski definition) is 2. The van der Waals surface area contributed by atoms with Crippen LogP contribution in [0.5, 0.6) is 0 Å². The van der Waals surface area contributed by atoms with E-state index in [1.54, 1.807) is 0 Å². The predicted molar refractivity (Wildman–Crippen MR) is 25.8 cm³/mol. The highest BCUT2D eigenvalue weighted by molar-refractivity contribution is 6.00. The Morgan fingerprint density at radius 1 is 1.38 bits per heavy atom. The third-order valence-electron chi connectivity index (χ3n) is 0.871. The van der Waals surface area contributed by atoms with Crippen LogP contribution in [0.4, 0.5) is 0 Å². The van der Waals surface area contributed by atoms with Crippen molar-refractivity contribution in [2.24, 2.45) is 0 Å². The van der Waals surface area contributed by atoms with Crippen molar-refractivity contribution in [2.75, 3.05) is 6.54 Å². The molecule has 1 heterocycles. The molecule has 1 amide bonds. The van der Waals surface area contributed by atoms with E-state index in [-0.39, 0.29) is 24.7 Å². The second kappa shape index (κ2) is 1.92. The van der Waals surface area contributed by atoms with E-state index in [0.29, 0.717) is 0 Å². The summed E-state index contributed by atoms with van der Waals surface area (Å²) in [5.74, 6) is -0.310. The highest BCUT2D eigenvalue weighted by Gasteiger charge is 2.13. The lowest BCUT2D eigenvalue weighted by Crippen LogP contribution is -2.47. The summed E-state index contributed by atoms with van der Waals surface area (Å²) in [5, 5.41) is 0. The average Bonchev–Trinajstić information content (AvgIpc) is 1.64. The number of hydrogen-bond acceptors (Lipinski definition) is 3. The second-order valence-corrected chi connectivity index (χ2v) is 1.62. The summed E-state index contributed by atoms with van der Waals surface area (Å²) in [4.78, 5) is 20.6. The maximum absolute atomic E-state index is 10.4. The average molecular weight is 114 g/mol. The van der Waals surface area contributed by atoms with Crippen LogP contribution in [0.2, 0.25) is 0 Å². The molecule has 4 heteroatoms. The maximum Gasteiger partial charge on any atom is 0.241 e. The molecule has 0 bridgehead atoms. The van der Waals surface area contributed by atoms with Gasteiger partial charge in [-0.1, -0.05) is 0 Å². The van der Waals surface area contributed by atoms with E-state index in [0.717, 1.165) is 0 Å². The van der Waals surface area contributed by atoms with Crippen molar-refractivity contribution in [2.45, 2.75) is 6.42 Å². The van der Waals surface area contributed by atoms with Crippen LogP contribution >= 0.6 is 0 Å². The fourth-order valence-electron chi connectivity index (χ4n) is 0.527. The SMILES string of the molecule is O=C1CNNC(=O)C1. The lowest BCUT2D eigenvalue weighted by molar-refractivity contribution is -0.131. The minimum atomic E-state index is -0.249. The Morgan fingerprint density at radius 2 is 2.12 bits per heavy atom. The Hall–Kier alpha value is -0.900. The van der Waals surface area contributed by atoms with Crippen LogP contribution in [0.25, 0.3) is 0 Å². The van der Waals surface area contributed by atoms with Gasteiger partial charge in [0.2, 0.25) is 5.91 Å². The Labute approximate surface area is 46.2 Å². The molecular weight excluding hydrogens is 108 g/mol. The zero-order chi connectivity index (χ0) is 5.98. The van der Waals surface area contributed by atoms with Gasteiger partial charge < -0.3 is 0 Å². The highest BCUT2D eigenvalue weighted by Crippen LogP contribution is 1.84. The van der Waals surface area contributed by atoms with Gasteiger partial charge in [0, 0.05) is 0 Å². The molecule has 1 saturated heterocycles. The number of nitrogens with one attached hydrogen (secondary N) is 2. The summed E-state index contributed by atoms with van der Waals surface area (Å²) in [6.45, 7) is 0.256. The van der Waals surface area contributed by atoms with Crippen molar-refractivity contribution in [3.05, 3.63) is 0 Å². The number of ketones is 1. The molecule has 0 saturated carbocycles. The van der Waals surface area contributed by atoms with Crippen LogP contribution in [-0.4, -0.2) is 18.2 Å². The monoisotopic (exact) mass is 114 g/mol. The van der Waals surface area contributed by atoms with E-state index in [4.69, 9.17) is 0 Å². The van der Waals surface area contributed by atoms with Crippen molar-refractivity contribution in [1.29, 1.82) is 0 Å². The van der Waals surface area contributed by atoms with Gasteiger partial charge in [-0.15, -0.1) is 0 Å². The third-order valence-corrected chi connectivity index (χ3v) is 0.871. The first-order valence-corrected chi connectivity index (χ1v) is 2.32. The van der Waals surface area contributed by atoms with E-state index in [2.05, 4.69) is 10.9 Å². The smallest absolute Gasteiger partial charge is 0.241 e. The molecule has 0 atom stereocenters. The Bertz CT molecular complexity index is 118. The first-order chi connectivity index (χ1) is 3.79. The molecule has 0 aromatic rings. The topological polar surface area (TPSA) is 58.2 Å². The number of carbonyl (C=O) groups excluding carboxylic acids is 2. The summed E-state index contributed by atoms with van der Waals surface area (Å²) in [6, 6.07) is 0. The van der Waals surface area contributed by atoms with Gasteiger partial charge in [-0.3, -0.25) is 15.0 Å². The van der Waals surface area contributed by atoms with Crippen molar-refractivity contribution in [3.63, 3.8) is 0 Å². The highest BCUT2D eigenvalue weighted by atomic mass is 16.2. The van der Waals surface area contributed by atoms with E-state index >= 15 is 0 Å². The first kappa shape index (κ1) is 5.24. The molecule has 2 N–H and O–H groups in total. The van der Waals surface area contributed by atoms with Crippen molar-refractivity contribution in [3.8, 4) is 0 Å². The summed E-state index contributed by atoms with van der Waals surface area (Å²) >= 11 is 0. The zero-order valence-corrected chi connectivity index (χ0v) is 4.23. The number of carbonyl (C=O) groups is 2. The van der Waals surface area contributed by atoms with E-state index in [1.165, 1.54) is 0 Å². The van der Waals surface area contributed by atoms with Crippen LogP contribution < -0.4 is 10.9 Å². The van der Waals surface area contributed by atoms with Gasteiger partial charge in [-0.2, -0.15) is 0 Å². The summed E-state index contributed by atoms with van der Waals surface area (Å²) in [7, 11) is 0. The van der Waals surface area contributed by atoms with Crippen LogP contribution in [0, 0.1) is 0 Å². The van der Waals surface area contributed by atoms with Gasteiger partial charge in [-0.05, 0) is 0 Å². The minimum Gasteiger partial charge on any atom is -0.298 e. The molecule has 0 aliphatic carbocycles. The van der Waals surface area contributed by atoms with Crippen LogP contribution in [0.3, 0.4) is 0 Å². The van der Waals surface area contributed by atoms with Crippen molar-refractivity contribution in [1.82, 2.24) is 10.9 Å². The van der Waals surface area contributed by atoms with Crippen LogP contribution in [0.15, 0.2) is 0 Å². The van der Waals surface area contributed by atoms with Crippen LogP contribution in [0.1, 0.15) is 6.42 Å². The molecule has 0 aromatic carbocycles. The Morgan fingerprint density at radius 3 is 2.50 bits per heavy atom. The molecule has 1 aliphatic heterocycles. The number of rotatable bonds is 0. The summed E-state index contributed by atoms with van der Waals surface area (Å²) in [6.07, 6.45) is 0.0208. The number of Topliss-reactive ketones (excluding diaryl/α,β-unsaturated/α-hetero) is 1. The minimum absolute atomic E-state index is 0.0208. The zero-order valence-electron chi connectivity index (χ0n) is 4.23. The summed E-state index contributed by atoms with van der Waals surface area (Å²) < 4.78 is 0. The van der Waals surface area contributed by atoms with Crippen molar-refractivity contribution < 1.29 is 9.59 Å². The lowest BCUT2D eigenvalue weighted by Gasteiger charge is -2.10. The van der Waals surface area contributed by atoms with Gasteiger partial charge in [0.05, 0.1) is 13.0 Å². The quantitative estimate of drug-likeness (QED) is 0.380. The standard InChI is InChI=1S/C4H6N2O2/c7-3-1-4(8)6-5-2-3/h5H,1-2H2,(H,6,8). The largest absolute Gasteiger partial charge is 0.298 e. The van der Waals surface area contributed by atoms with E-state index in [1.807, 2.05) is 0 Å². The molecule has 0 spiro atoms. The maximum atomic E-state index is 10.4. The Balaban J connectivity index is 2.45. The number of amides is 1. The van der Waals surface area contributed by atoms with E-state index < -0.39 is 0 Å². The Kier molecular flexibility index (Phi) is 1.26. The van der Waals surface area contributed by atoms with Gasteiger partial charge >= 0.3 is 0 Å². The number of hydrazine groups is 1. The fraction of sp³-hybridized carbons (Fsp3) is 0.500. The van der Waals surface area contributed by atoms with Gasteiger partial charge in [0.1, 0.15) is 0 Å². The second-order valence-electron chi connectivity index (χ2n) is 1.62. The molecule has 1 aliphatic rings. The molecule has 1 rings (SSSR count). The predicted octanol–water partition coefficient (Wildman–Crippen LogP) is -1.42. The molecule has 0 aromatic heterocycles. The molecule has 4 nitrogen and oxygen atoms in total. The summed E-state index contributed by atoms with van der Waals surface area (Å²) in [5.41, 5.74) is 4.74. The fourth-order valence-corrected chi connectivity index (χ4v) is 0.527. The molecule has 44 valence electrons. The van der Waals surface area contributed by atoms with Gasteiger partial charge in [0.15, 0.2) is 5.78 Å². The van der Waals surface area contributed by atoms with Crippen LogP contribution in [-0.2, 0) is 9.59 Å². The lowest BCUT2D eigenvalue weighted by atomic mass is 10.2. The third kappa shape index (κ3) is 1.04. The van der Waals surface area contributed by atoms with Gasteiger partial charge in [-0.25, -0.2) is 5.43 Å². The van der Waals surface area contributed by atoms with E-state index in [9.17, 15) is 9.59 Å². The first-order valence-electron chi connectivity index (χ1n) is 2.32. The normalized spacial score (nSPS) is 20.5. The molecule has 0 unspecified atom stereocenters. The molecule has 0 radical (unpaired) electrons. The molecule has 1 fully saturated rings. The molecular formula is C4H6N2O2. The van der Waals surface area contributed by atoms with Crippen molar-refractivity contribution >= 4 is 11.7 Å².